The summed E-state index contributed by atoms with van der Waals surface area (Å²) in [4.78, 5) is 0. The minimum atomic E-state index is 0.519. The topological polar surface area (TPSA) is 45.0 Å². The number of hydrogen-bond donors (Lipinski definition) is 1. The molecule has 108 valence electrons. The van der Waals surface area contributed by atoms with E-state index in [0.717, 1.165) is 25.1 Å². The van der Waals surface area contributed by atoms with Crippen molar-refractivity contribution < 1.29 is 4.74 Å². The van der Waals surface area contributed by atoms with Crippen molar-refractivity contribution in [3.63, 3.8) is 0 Å². The van der Waals surface area contributed by atoms with Crippen LogP contribution in [0.2, 0.25) is 5.02 Å². The van der Waals surface area contributed by atoms with E-state index in [1.165, 1.54) is 0 Å². The number of nitrogens with one attached hydrogen (secondary N) is 1. The number of benzene rings is 2. The number of halogens is 1. The van der Waals surface area contributed by atoms with Gasteiger partial charge in [0.15, 0.2) is 0 Å². The number of hydrogen-bond acceptors (Lipinski definition) is 3. The predicted octanol–water partition coefficient (Wildman–Crippen LogP) is 4.50. The zero-order valence-corrected chi connectivity index (χ0v) is 12.7. The SMILES string of the molecule is CCCNCc1ccc(Oc2cccc(Cl)c2)c(C#N)c1. The van der Waals surface area contributed by atoms with Gasteiger partial charge in [0, 0.05) is 11.6 Å². The highest BCUT2D eigenvalue weighted by atomic mass is 35.5. The van der Waals surface area contributed by atoms with Crippen molar-refractivity contribution in [1.82, 2.24) is 5.32 Å². The van der Waals surface area contributed by atoms with Crippen molar-refractivity contribution in [1.29, 1.82) is 5.26 Å². The summed E-state index contributed by atoms with van der Waals surface area (Å²) in [5.41, 5.74) is 1.59. The molecule has 4 heteroatoms. The van der Waals surface area contributed by atoms with Crippen molar-refractivity contribution in [3.05, 3.63) is 58.6 Å². The van der Waals surface area contributed by atoms with E-state index in [9.17, 15) is 5.26 Å². The molecule has 0 unspecified atom stereocenters. The summed E-state index contributed by atoms with van der Waals surface area (Å²) in [6, 6.07) is 14.9. The molecule has 0 saturated carbocycles. The summed E-state index contributed by atoms with van der Waals surface area (Å²) in [6.07, 6.45) is 1.08. The van der Waals surface area contributed by atoms with Gasteiger partial charge in [-0.25, -0.2) is 0 Å². The van der Waals surface area contributed by atoms with Crippen LogP contribution >= 0.6 is 11.6 Å². The molecule has 0 radical (unpaired) electrons. The molecule has 3 nitrogen and oxygen atoms in total. The fraction of sp³-hybridized carbons (Fsp3) is 0.235. The van der Waals surface area contributed by atoms with E-state index in [2.05, 4.69) is 18.3 Å². The number of ether oxygens (including phenoxy) is 1. The van der Waals surface area contributed by atoms with Gasteiger partial charge in [0.05, 0.1) is 5.56 Å². The maximum absolute atomic E-state index is 9.27. The summed E-state index contributed by atoms with van der Waals surface area (Å²) in [5, 5.41) is 13.2. The zero-order valence-electron chi connectivity index (χ0n) is 11.9. The molecule has 1 N–H and O–H groups in total. The largest absolute Gasteiger partial charge is 0.456 e. The van der Waals surface area contributed by atoms with Crippen LogP contribution in [0.3, 0.4) is 0 Å². The second-order valence-corrected chi connectivity index (χ2v) is 5.11. The first-order valence-electron chi connectivity index (χ1n) is 6.90. The molecule has 0 amide bonds. The lowest BCUT2D eigenvalue weighted by Crippen LogP contribution is -2.13. The second kappa shape index (κ2) is 7.68. The fourth-order valence-corrected chi connectivity index (χ4v) is 2.11. The lowest BCUT2D eigenvalue weighted by Gasteiger charge is -2.10. The third-order valence-electron chi connectivity index (χ3n) is 2.94. The molecule has 2 aromatic carbocycles. The molecule has 2 rings (SSSR count). The van der Waals surface area contributed by atoms with Crippen LogP contribution in [0.25, 0.3) is 0 Å². The van der Waals surface area contributed by atoms with Crippen LogP contribution in [0, 0.1) is 11.3 Å². The van der Waals surface area contributed by atoms with Gasteiger partial charge in [0.2, 0.25) is 0 Å². The van der Waals surface area contributed by atoms with E-state index in [1.54, 1.807) is 12.1 Å². The van der Waals surface area contributed by atoms with Crippen LogP contribution in [0.15, 0.2) is 42.5 Å². The van der Waals surface area contributed by atoms with Crippen LogP contribution in [-0.4, -0.2) is 6.54 Å². The third-order valence-corrected chi connectivity index (χ3v) is 3.18. The van der Waals surface area contributed by atoms with E-state index >= 15 is 0 Å². The molecule has 0 aromatic heterocycles. The lowest BCUT2D eigenvalue weighted by atomic mass is 10.1. The van der Waals surface area contributed by atoms with E-state index in [-0.39, 0.29) is 0 Å². The Labute approximate surface area is 130 Å². The average molecular weight is 301 g/mol. The average Bonchev–Trinajstić information content (AvgIpc) is 2.49. The third kappa shape index (κ3) is 4.49. The number of nitriles is 1. The maximum Gasteiger partial charge on any atom is 0.145 e. The molecule has 0 aliphatic rings. The molecule has 0 spiro atoms. The van der Waals surface area contributed by atoms with Gasteiger partial charge in [-0.3, -0.25) is 0 Å². The minimum Gasteiger partial charge on any atom is -0.456 e. The Morgan fingerprint density at radius 3 is 2.81 bits per heavy atom. The maximum atomic E-state index is 9.27. The first kappa shape index (κ1) is 15.4. The smallest absolute Gasteiger partial charge is 0.145 e. The van der Waals surface area contributed by atoms with Gasteiger partial charge in [0.25, 0.3) is 0 Å². The molecule has 0 fully saturated rings. The van der Waals surface area contributed by atoms with Crippen LogP contribution in [-0.2, 0) is 6.54 Å². The summed E-state index contributed by atoms with van der Waals surface area (Å²) in [5.74, 6) is 1.16. The van der Waals surface area contributed by atoms with Crippen molar-refractivity contribution in [2.45, 2.75) is 19.9 Å². The van der Waals surface area contributed by atoms with Crippen molar-refractivity contribution in [3.8, 4) is 17.6 Å². The quantitative estimate of drug-likeness (QED) is 0.799. The van der Waals surface area contributed by atoms with Crippen LogP contribution in [0.1, 0.15) is 24.5 Å². The van der Waals surface area contributed by atoms with Gasteiger partial charge in [-0.1, -0.05) is 30.7 Å². The monoisotopic (exact) mass is 300 g/mol. The highest BCUT2D eigenvalue weighted by molar-refractivity contribution is 6.30. The summed E-state index contributed by atoms with van der Waals surface area (Å²) in [6.45, 7) is 3.83. The van der Waals surface area contributed by atoms with Gasteiger partial charge in [-0.15, -0.1) is 0 Å². The molecular weight excluding hydrogens is 284 g/mol. The zero-order chi connectivity index (χ0) is 15.1. The van der Waals surface area contributed by atoms with E-state index < -0.39 is 0 Å². The molecule has 0 aliphatic carbocycles. The van der Waals surface area contributed by atoms with Crippen molar-refractivity contribution in [2.75, 3.05) is 6.54 Å². The Bertz CT molecular complexity index is 649. The Hall–Kier alpha value is -2.02. The van der Waals surface area contributed by atoms with E-state index in [1.807, 2.05) is 30.3 Å². The first-order chi connectivity index (χ1) is 10.2. The van der Waals surface area contributed by atoms with Crippen molar-refractivity contribution >= 4 is 11.6 Å². The Kier molecular flexibility index (Phi) is 5.62. The van der Waals surface area contributed by atoms with Gasteiger partial charge in [-0.2, -0.15) is 5.26 Å². The van der Waals surface area contributed by atoms with Gasteiger partial charge in [-0.05, 0) is 48.9 Å². The van der Waals surface area contributed by atoms with Gasteiger partial charge in [0.1, 0.15) is 17.6 Å². The number of nitrogens with zero attached hydrogens (tertiary/aromatic N) is 1. The Morgan fingerprint density at radius 2 is 2.10 bits per heavy atom. The molecule has 2 aromatic rings. The molecule has 0 saturated heterocycles. The Morgan fingerprint density at radius 1 is 1.24 bits per heavy atom. The standard InChI is InChI=1S/C17H17ClN2O/c1-2-8-20-12-13-6-7-17(14(9-13)11-19)21-16-5-3-4-15(18)10-16/h3-7,9-10,20H,2,8,12H2,1H3. The van der Waals surface area contributed by atoms with Crippen LogP contribution in [0.4, 0.5) is 0 Å². The van der Waals surface area contributed by atoms with Gasteiger partial charge >= 0.3 is 0 Å². The molecule has 0 atom stereocenters. The predicted molar refractivity (Wildman–Crippen MR) is 84.7 cm³/mol. The summed E-state index contributed by atoms with van der Waals surface area (Å²) in [7, 11) is 0. The molecule has 21 heavy (non-hydrogen) atoms. The van der Waals surface area contributed by atoms with E-state index in [4.69, 9.17) is 16.3 Å². The molecule has 0 aliphatic heterocycles. The highest BCUT2D eigenvalue weighted by Crippen LogP contribution is 2.27. The molecule has 0 heterocycles. The second-order valence-electron chi connectivity index (χ2n) is 4.68. The summed E-state index contributed by atoms with van der Waals surface area (Å²) >= 11 is 5.93. The summed E-state index contributed by atoms with van der Waals surface area (Å²) < 4.78 is 5.73. The normalized spacial score (nSPS) is 10.1. The van der Waals surface area contributed by atoms with E-state index in [0.29, 0.717) is 22.1 Å². The highest BCUT2D eigenvalue weighted by Gasteiger charge is 2.06. The Balaban J connectivity index is 2.15. The van der Waals surface area contributed by atoms with Crippen LogP contribution in [0.5, 0.6) is 11.5 Å². The fourth-order valence-electron chi connectivity index (χ4n) is 1.93. The van der Waals surface area contributed by atoms with Gasteiger partial charge < -0.3 is 10.1 Å². The van der Waals surface area contributed by atoms with Crippen LogP contribution < -0.4 is 10.1 Å². The van der Waals surface area contributed by atoms with Crippen molar-refractivity contribution in [2.24, 2.45) is 0 Å². The number of rotatable bonds is 6. The lowest BCUT2D eigenvalue weighted by molar-refractivity contribution is 0.481. The minimum absolute atomic E-state index is 0.519. The molecular formula is C17H17ClN2O. The molecule has 0 bridgehead atoms. The first-order valence-corrected chi connectivity index (χ1v) is 7.28.